The Balaban J connectivity index is 1.62. The molecule has 2 unspecified atom stereocenters. The molecule has 4 rings (SSSR count). The van der Waals surface area contributed by atoms with Crippen LogP contribution in [0.4, 0.5) is 8.78 Å². The zero-order valence-corrected chi connectivity index (χ0v) is 16.0. The molecule has 4 atom stereocenters. The van der Waals surface area contributed by atoms with Crippen LogP contribution in [0, 0.1) is 29.4 Å². The molecule has 0 spiro atoms. The molecule has 2 aromatic rings. The van der Waals surface area contributed by atoms with Crippen molar-refractivity contribution in [2.75, 3.05) is 6.61 Å². The average Bonchev–Trinajstić information content (AvgIpc) is 2.66. The number of halogens is 2. The standard InChI is InChI=1S/C24H28F2O/c1-3-10-27-20-13-19-8-9-21(24(26)23(19)22(25)14-20)18-7-6-16-11-15(2)4-5-17(16)12-18/h3,8-9,13-18H,1,4-7,10-12H2,2H3/t15?,16-,17?,18-/m1/s1. The van der Waals surface area contributed by atoms with E-state index in [9.17, 15) is 4.39 Å². The highest BCUT2D eigenvalue weighted by Gasteiger charge is 2.35. The summed E-state index contributed by atoms with van der Waals surface area (Å²) < 4.78 is 35.4. The fourth-order valence-electron chi connectivity index (χ4n) is 5.32. The Hall–Kier alpha value is -1.90. The SMILES string of the molecule is C=CCOc1cc(F)c2c(F)c([C@@H]3CC[C@@H]4CC(C)CCC4C3)ccc2c1. The molecule has 27 heavy (non-hydrogen) atoms. The molecule has 3 heteroatoms. The summed E-state index contributed by atoms with van der Waals surface area (Å²) in [5.74, 6) is 2.01. The first-order valence-electron chi connectivity index (χ1n) is 10.2. The summed E-state index contributed by atoms with van der Waals surface area (Å²) in [5.41, 5.74) is 0.693. The third-order valence-electron chi connectivity index (χ3n) is 6.69. The number of hydrogen-bond acceptors (Lipinski definition) is 1. The Morgan fingerprint density at radius 1 is 1.07 bits per heavy atom. The molecule has 0 radical (unpaired) electrons. The van der Waals surface area contributed by atoms with Crippen LogP contribution in [0.5, 0.6) is 5.75 Å². The smallest absolute Gasteiger partial charge is 0.137 e. The monoisotopic (exact) mass is 370 g/mol. The molecule has 2 fully saturated rings. The van der Waals surface area contributed by atoms with Crippen LogP contribution < -0.4 is 4.74 Å². The third kappa shape index (κ3) is 3.61. The second-order valence-electron chi connectivity index (χ2n) is 8.52. The van der Waals surface area contributed by atoms with E-state index < -0.39 is 5.82 Å². The van der Waals surface area contributed by atoms with Crippen molar-refractivity contribution in [2.24, 2.45) is 17.8 Å². The van der Waals surface area contributed by atoms with Crippen molar-refractivity contribution in [1.82, 2.24) is 0 Å². The van der Waals surface area contributed by atoms with Gasteiger partial charge in [-0.2, -0.15) is 0 Å². The highest BCUT2D eigenvalue weighted by Crippen LogP contribution is 2.48. The highest BCUT2D eigenvalue weighted by molar-refractivity contribution is 5.86. The normalized spacial score (nSPS) is 28.0. The van der Waals surface area contributed by atoms with Crippen molar-refractivity contribution in [3.8, 4) is 5.75 Å². The van der Waals surface area contributed by atoms with Crippen LogP contribution in [-0.4, -0.2) is 6.61 Å². The van der Waals surface area contributed by atoms with E-state index in [-0.39, 0.29) is 17.1 Å². The molecule has 0 aliphatic heterocycles. The van der Waals surface area contributed by atoms with E-state index >= 15 is 4.39 Å². The average molecular weight is 370 g/mol. The van der Waals surface area contributed by atoms with E-state index in [0.717, 1.165) is 24.7 Å². The Bertz CT molecular complexity index is 844. The zero-order chi connectivity index (χ0) is 19.0. The minimum absolute atomic E-state index is 0.0952. The summed E-state index contributed by atoms with van der Waals surface area (Å²) in [6.45, 7) is 6.24. The van der Waals surface area contributed by atoms with Crippen LogP contribution >= 0.6 is 0 Å². The largest absolute Gasteiger partial charge is 0.489 e. The predicted octanol–water partition coefficient (Wildman–Crippen LogP) is 7.00. The highest BCUT2D eigenvalue weighted by atomic mass is 19.1. The van der Waals surface area contributed by atoms with Crippen molar-refractivity contribution in [1.29, 1.82) is 0 Å². The van der Waals surface area contributed by atoms with Crippen molar-refractivity contribution < 1.29 is 13.5 Å². The summed E-state index contributed by atoms with van der Waals surface area (Å²) >= 11 is 0. The van der Waals surface area contributed by atoms with Gasteiger partial charge in [0, 0.05) is 6.07 Å². The molecule has 0 amide bonds. The minimum Gasteiger partial charge on any atom is -0.489 e. The van der Waals surface area contributed by atoms with Gasteiger partial charge in [0.15, 0.2) is 0 Å². The number of fused-ring (bicyclic) bond motifs is 2. The minimum atomic E-state index is -0.550. The fourth-order valence-corrected chi connectivity index (χ4v) is 5.32. The Morgan fingerprint density at radius 2 is 1.85 bits per heavy atom. The maximum Gasteiger partial charge on any atom is 0.137 e. The van der Waals surface area contributed by atoms with Crippen molar-refractivity contribution >= 4 is 10.8 Å². The maximum atomic E-state index is 15.3. The van der Waals surface area contributed by atoms with Gasteiger partial charge >= 0.3 is 0 Å². The van der Waals surface area contributed by atoms with E-state index in [0.29, 0.717) is 29.2 Å². The van der Waals surface area contributed by atoms with Gasteiger partial charge in [0.25, 0.3) is 0 Å². The third-order valence-corrected chi connectivity index (χ3v) is 6.69. The van der Waals surface area contributed by atoms with E-state index in [1.54, 1.807) is 12.1 Å². The van der Waals surface area contributed by atoms with Crippen LogP contribution in [0.3, 0.4) is 0 Å². The number of benzene rings is 2. The molecule has 0 saturated heterocycles. The summed E-state index contributed by atoms with van der Waals surface area (Å²) in [4.78, 5) is 0. The van der Waals surface area contributed by atoms with Gasteiger partial charge in [0.1, 0.15) is 24.0 Å². The van der Waals surface area contributed by atoms with Crippen molar-refractivity contribution in [2.45, 2.75) is 51.4 Å². The number of hydrogen-bond donors (Lipinski definition) is 0. The summed E-state index contributed by atoms with van der Waals surface area (Å²) in [6.07, 6.45) is 8.70. The van der Waals surface area contributed by atoms with Crippen molar-refractivity contribution in [3.05, 3.63) is 54.1 Å². The van der Waals surface area contributed by atoms with Crippen LogP contribution in [0.2, 0.25) is 0 Å². The van der Waals surface area contributed by atoms with Gasteiger partial charge in [0.05, 0.1) is 5.39 Å². The lowest BCUT2D eigenvalue weighted by Gasteiger charge is -2.41. The second kappa shape index (κ2) is 7.61. The topological polar surface area (TPSA) is 9.23 Å². The lowest BCUT2D eigenvalue weighted by atomic mass is 9.64. The molecule has 0 heterocycles. The van der Waals surface area contributed by atoms with E-state index in [2.05, 4.69) is 13.5 Å². The lowest BCUT2D eigenvalue weighted by molar-refractivity contribution is 0.124. The van der Waals surface area contributed by atoms with Gasteiger partial charge in [-0.15, -0.1) is 0 Å². The van der Waals surface area contributed by atoms with Gasteiger partial charge in [0.2, 0.25) is 0 Å². The molecule has 2 saturated carbocycles. The first-order chi connectivity index (χ1) is 13.1. The molecule has 2 aliphatic rings. The van der Waals surface area contributed by atoms with Crippen molar-refractivity contribution in [3.63, 3.8) is 0 Å². The molecule has 1 nitrogen and oxygen atoms in total. The first-order valence-corrected chi connectivity index (χ1v) is 10.2. The molecule has 0 bridgehead atoms. The van der Waals surface area contributed by atoms with Crippen LogP contribution in [0.1, 0.15) is 56.9 Å². The summed E-state index contributed by atoms with van der Waals surface area (Å²) in [7, 11) is 0. The predicted molar refractivity (Wildman–Crippen MR) is 106 cm³/mol. The van der Waals surface area contributed by atoms with Gasteiger partial charge < -0.3 is 4.74 Å². The quantitative estimate of drug-likeness (QED) is 0.526. The summed E-state index contributed by atoms with van der Waals surface area (Å²) in [6, 6.07) is 6.68. The zero-order valence-electron chi connectivity index (χ0n) is 16.0. The molecule has 2 aromatic carbocycles. The molecule has 144 valence electrons. The molecule has 2 aliphatic carbocycles. The van der Waals surface area contributed by atoms with E-state index in [4.69, 9.17) is 4.74 Å². The Morgan fingerprint density at radius 3 is 2.67 bits per heavy atom. The van der Waals surface area contributed by atoms with Crippen LogP contribution in [0.15, 0.2) is 36.9 Å². The van der Waals surface area contributed by atoms with E-state index in [1.807, 2.05) is 12.1 Å². The molecule has 0 N–H and O–H groups in total. The summed E-state index contributed by atoms with van der Waals surface area (Å²) in [5, 5.41) is 0.647. The van der Waals surface area contributed by atoms with Gasteiger partial charge in [-0.3, -0.25) is 0 Å². The van der Waals surface area contributed by atoms with E-state index in [1.165, 1.54) is 31.7 Å². The second-order valence-corrected chi connectivity index (χ2v) is 8.52. The molecular formula is C24H28F2O. The Kier molecular flexibility index (Phi) is 5.21. The van der Waals surface area contributed by atoms with Crippen LogP contribution in [0.25, 0.3) is 10.8 Å². The number of rotatable bonds is 4. The first kappa shape index (κ1) is 18.5. The molecule has 0 aromatic heterocycles. The van der Waals surface area contributed by atoms with Gasteiger partial charge in [-0.1, -0.05) is 38.1 Å². The maximum absolute atomic E-state index is 15.3. The lowest BCUT2D eigenvalue weighted by Crippen LogP contribution is -2.29. The number of ether oxygens (including phenoxy) is 1. The molecular weight excluding hydrogens is 342 g/mol. The fraction of sp³-hybridized carbons (Fsp3) is 0.500. The Labute approximate surface area is 160 Å². The van der Waals surface area contributed by atoms with Gasteiger partial charge in [-0.25, -0.2) is 8.78 Å². The van der Waals surface area contributed by atoms with Gasteiger partial charge in [-0.05, 0) is 72.8 Å². The van der Waals surface area contributed by atoms with Crippen LogP contribution in [-0.2, 0) is 0 Å².